The molecule has 0 fully saturated rings. The number of carboxylic acids is 1. The number of carboxylic acid groups (broad SMARTS) is 1. The predicted octanol–water partition coefficient (Wildman–Crippen LogP) is -1.54. The highest BCUT2D eigenvalue weighted by molar-refractivity contribution is 7.67. The molecule has 0 aliphatic carbocycles. The van der Waals surface area contributed by atoms with Crippen molar-refractivity contribution < 1.29 is 22.6 Å². The van der Waals surface area contributed by atoms with Gasteiger partial charge in [-0.2, -0.15) is 9.35 Å². The highest BCUT2D eigenvalue weighted by Gasteiger charge is 2.04. The van der Waals surface area contributed by atoms with Crippen LogP contribution < -0.4 is 0 Å². The standard InChI is InChI=1S/C3H7NO5S/c1-4(2-3(5)6)9-10(7)8/h10H,2H2,1H3,(H,5,6). The van der Waals surface area contributed by atoms with Crippen LogP contribution in [-0.2, 0) is 20.1 Å². The third-order valence-electron chi connectivity index (χ3n) is 0.564. The minimum Gasteiger partial charge on any atom is -0.480 e. The first-order valence-electron chi connectivity index (χ1n) is 2.28. The highest BCUT2D eigenvalue weighted by atomic mass is 32.2. The monoisotopic (exact) mass is 169 g/mol. The first-order valence-corrected chi connectivity index (χ1v) is 3.37. The van der Waals surface area contributed by atoms with Crippen molar-refractivity contribution in [3.63, 3.8) is 0 Å². The van der Waals surface area contributed by atoms with E-state index in [1.807, 2.05) is 0 Å². The minimum atomic E-state index is -3.01. The number of hydrogen-bond donors (Lipinski definition) is 2. The number of aliphatic carboxylic acids is 1. The van der Waals surface area contributed by atoms with Gasteiger partial charge in [-0.25, -0.2) is 8.42 Å². The van der Waals surface area contributed by atoms with Crippen LogP contribution in [0, 0.1) is 0 Å². The van der Waals surface area contributed by atoms with Crippen LogP contribution in [0.5, 0.6) is 0 Å². The molecule has 0 bridgehead atoms. The highest BCUT2D eigenvalue weighted by Crippen LogP contribution is 1.82. The number of hydroxylamine groups is 2. The first-order chi connectivity index (χ1) is 4.52. The van der Waals surface area contributed by atoms with Crippen LogP contribution in [0.25, 0.3) is 0 Å². The van der Waals surface area contributed by atoms with E-state index in [0.717, 1.165) is 0 Å². The van der Waals surface area contributed by atoms with Gasteiger partial charge in [-0.05, 0) is 0 Å². The Kier molecular flexibility index (Phi) is 3.93. The van der Waals surface area contributed by atoms with Crippen LogP contribution in [-0.4, -0.2) is 38.1 Å². The number of hydrogen-bond acceptors (Lipinski definition) is 5. The predicted molar refractivity (Wildman–Crippen MR) is 31.7 cm³/mol. The largest absolute Gasteiger partial charge is 0.480 e. The van der Waals surface area contributed by atoms with Gasteiger partial charge in [0.05, 0.1) is 0 Å². The van der Waals surface area contributed by atoms with Crippen molar-refractivity contribution in [3.05, 3.63) is 0 Å². The molecule has 0 unspecified atom stereocenters. The molecule has 10 heavy (non-hydrogen) atoms. The van der Waals surface area contributed by atoms with Gasteiger partial charge in [0.25, 0.3) is 11.0 Å². The number of thiol groups is 1. The first kappa shape index (κ1) is 9.34. The second-order valence-electron chi connectivity index (χ2n) is 1.49. The zero-order valence-electron chi connectivity index (χ0n) is 5.18. The zero-order valence-corrected chi connectivity index (χ0v) is 6.08. The van der Waals surface area contributed by atoms with E-state index in [1.165, 1.54) is 7.05 Å². The summed E-state index contributed by atoms with van der Waals surface area (Å²) in [6, 6.07) is 0. The van der Waals surface area contributed by atoms with Crippen LogP contribution in [0.4, 0.5) is 0 Å². The van der Waals surface area contributed by atoms with Gasteiger partial charge in [0.1, 0.15) is 6.54 Å². The molecule has 0 aromatic carbocycles. The summed E-state index contributed by atoms with van der Waals surface area (Å²) in [6.07, 6.45) is 0. The molecule has 0 radical (unpaired) electrons. The molecule has 0 aliphatic rings. The molecule has 0 amide bonds. The Hall–Kier alpha value is -0.660. The summed E-state index contributed by atoms with van der Waals surface area (Å²) < 4.78 is 23.5. The molecule has 1 N–H and O–H groups in total. The summed E-state index contributed by atoms with van der Waals surface area (Å²) >= 11 is 0. The Morgan fingerprint density at radius 3 is 2.50 bits per heavy atom. The third kappa shape index (κ3) is 5.48. The molecule has 0 aromatic heterocycles. The van der Waals surface area contributed by atoms with Crippen LogP contribution in [0.2, 0.25) is 0 Å². The van der Waals surface area contributed by atoms with Gasteiger partial charge in [-0.15, -0.1) is 0 Å². The number of likely N-dealkylation sites (N-methyl/N-ethyl adjacent to an activating group) is 1. The van der Waals surface area contributed by atoms with Gasteiger partial charge in [0.15, 0.2) is 0 Å². The average molecular weight is 169 g/mol. The molecule has 0 saturated heterocycles. The van der Waals surface area contributed by atoms with E-state index in [9.17, 15) is 13.2 Å². The lowest BCUT2D eigenvalue weighted by Gasteiger charge is -2.06. The molecule has 0 aromatic rings. The van der Waals surface area contributed by atoms with Crippen molar-refractivity contribution in [1.82, 2.24) is 5.06 Å². The maximum absolute atomic E-state index is 9.87. The van der Waals surface area contributed by atoms with E-state index in [2.05, 4.69) is 4.28 Å². The number of carbonyl (C=O) groups is 1. The molecule has 0 aliphatic heterocycles. The molecule has 0 spiro atoms. The fourth-order valence-electron chi connectivity index (χ4n) is 0.333. The lowest BCUT2D eigenvalue weighted by molar-refractivity contribution is -0.144. The molecule has 0 heterocycles. The van der Waals surface area contributed by atoms with E-state index >= 15 is 0 Å². The van der Waals surface area contributed by atoms with E-state index in [-0.39, 0.29) is 0 Å². The Balaban J connectivity index is 3.63. The number of rotatable bonds is 4. The summed E-state index contributed by atoms with van der Waals surface area (Å²) in [7, 11) is -1.80. The van der Waals surface area contributed by atoms with E-state index < -0.39 is 23.5 Å². The maximum Gasteiger partial charge on any atom is 0.320 e. The van der Waals surface area contributed by atoms with Crippen molar-refractivity contribution in [1.29, 1.82) is 0 Å². The SMILES string of the molecule is CN(CC(=O)O)O[SH](=O)=O. The minimum absolute atomic E-state index is 0.469. The van der Waals surface area contributed by atoms with Crippen LogP contribution in [0.3, 0.4) is 0 Å². The van der Waals surface area contributed by atoms with Gasteiger partial charge in [-0.1, -0.05) is 0 Å². The topological polar surface area (TPSA) is 83.9 Å². The Morgan fingerprint density at radius 2 is 2.20 bits per heavy atom. The van der Waals surface area contributed by atoms with Crippen molar-refractivity contribution in [3.8, 4) is 0 Å². The van der Waals surface area contributed by atoms with Crippen LogP contribution in [0.1, 0.15) is 0 Å². The van der Waals surface area contributed by atoms with Crippen molar-refractivity contribution in [2.45, 2.75) is 0 Å². The van der Waals surface area contributed by atoms with Crippen LogP contribution in [0.15, 0.2) is 0 Å². The quantitative estimate of drug-likeness (QED) is 0.392. The van der Waals surface area contributed by atoms with Gasteiger partial charge in [0, 0.05) is 7.05 Å². The third-order valence-corrected chi connectivity index (χ3v) is 0.976. The number of nitrogens with zero attached hydrogens (tertiary/aromatic N) is 1. The Bertz CT molecular complexity index is 179. The lowest BCUT2D eigenvalue weighted by atomic mass is 10.7. The van der Waals surface area contributed by atoms with Gasteiger partial charge in [0.2, 0.25) is 0 Å². The Morgan fingerprint density at radius 1 is 1.70 bits per heavy atom. The fraction of sp³-hybridized carbons (Fsp3) is 0.667. The second kappa shape index (κ2) is 4.20. The van der Waals surface area contributed by atoms with E-state index in [4.69, 9.17) is 5.11 Å². The van der Waals surface area contributed by atoms with Crippen molar-refractivity contribution in [2.24, 2.45) is 0 Å². The van der Waals surface area contributed by atoms with Gasteiger partial charge in [-0.3, -0.25) is 4.79 Å². The molecular weight excluding hydrogens is 162 g/mol. The fourth-order valence-corrected chi connectivity index (χ4v) is 0.619. The molecule has 0 rings (SSSR count). The van der Waals surface area contributed by atoms with E-state index in [1.54, 1.807) is 0 Å². The smallest absolute Gasteiger partial charge is 0.320 e. The normalized spacial score (nSPS) is 10.7. The maximum atomic E-state index is 9.87. The van der Waals surface area contributed by atoms with Gasteiger partial charge >= 0.3 is 5.97 Å². The summed E-state index contributed by atoms with van der Waals surface area (Å²) in [6.45, 7) is -0.469. The Labute approximate surface area is 59.1 Å². The molecule has 6 nitrogen and oxygen atoms in total. The summed E-state index contributed by atoms with van der Waals surface area (Å²) in [4.78, 5) is 9.87. The lowest BCUT2D eigenvalue weighted by Crippen LogP contribution is -2.25. The zero-order chi connectivity index (χ0) is 8.15. The summed E-state index contributed by atoms with van der Waals surface area (Å²) in [5.41, 5.74) is 0. The summed E-state index contributed by atoms with van der Waals surface area (Å²) in [5, 5.41) is 8.78. The van der Waals surface area contributed by atoms with Crippen molar-refractivity contribution >= 4 is 17.0 Å². The molecule has 7 heteroatoms. The molecule has 60 valence electrons. The van der Waals surface area contributed by atoms with Gasteiger partial charge < -0.3 is 5.11 Å². The molecule has 0 saturated carbocycles. The average Bonchev–Trinajstić information content (AvgIpc) is 1.58. The molecule has 0 atom stereocenters. The molecular formula is C3H7NO5S. The van der Waals surface area contributed by atoms with Crippen molar-refractivity contribution in [2.75, 3.05) is 13.6 Å². The second-order valence-corrected chi connectivity index (χ2v) is 2.10. The van der Waals surface area contributed by atoms with Crippen LogP contribution >= 0.6 is 0 Å². The summed E-state index contributed by atoms with van der Waals surface area (Å²) in [5.74, 6) is -1.15. The van der Waals surface area contributed by atoms with E-state index in [0.29, 0.717) is 5.06 Å².